The maximum absolute atomic E-state index is 13.4. The highest BCUT2D eigenvalue weighted by Gasteiger charge is 2.47. The number of aliphatic hydroxyl groups is 2. The van der Waals surface area contributed by atoms with Crippen molar-refractivity contribution in [1.82, 2.24) is 25.1 Å². The number of ether oxygens (including phenoxy) is 2. The summed E-state index contributed by atoms with van der Waals surface area (Å²) in [5.74, 6) is -6.91. The third-order valence-electron chi connectivity index (χ3n) is 13.5. The van der Waals surface area contributed by atoms with Crippen LogP contribution in [0, 0.1) is 29.6 Å². The van der Waals surface area contributed by atoms with Crippen molar-refractivity contribution in [2.75, 3.05) is 20.8 Å². The number of tetrazole rings is 1. The van der Waals surface area contributed by atoms with E-state index in [4.69, 9.17) is 9.47 Å². The fourth-order valence-electron chi connectivity index (χ4n) is 9.34. The molecule has 15 heteroatoms. The van der Waals surface area contributed by atoms with Gasteiger partial charge in [0.05, 0.1) is 12.1 Å². The summed E-state index contributed by atoms with van der Waals surface area (Å²) >= 11 is 0. The molecule has 3 rings (SSSR count). The molecule has 1 aromatic heterocycles. The molecular weight excluding hydrogens is 831 g/mol. The second kappa shape index (κ2) is 28.1. The van der Waals surface area contributed by atoms with Gasteiger partial charge in [-0.2, -0.15) is 0 Å². The van der Waals surface area contributed by atoms with E-state index in [1.807, 2.05) is 58.1 Å². The Morgan fingerprint density at radius 1 is 0.892 bits per heavy atom. The monoisotopic (exact) mass is 910 g/mol. The highest BCUT2D eigenvalue weighted by Crippen LogP contribution is 2.36. The van der Waals surface area contributed by atoms with Gasteiger partial charge < -0.3 is 29.7 Å². The first kappa shape index (κ1) is 55.1. The van der Waals surface area contributed by atoms with Crippen LogP contribution in [0.2, 0.25) is 0 Å². The fraction of sp³-hybridized carbons (Fsp3) is 0.720. The molecule has 65 heavy (non-hydrogen) atoms. The van der Waals surface area contributed by atoms with Gasteiger partial charge in [-0.25, -0.2) is 9.48 Å². The van der Waals surface area contributed by atoms with Crippen LogP contribution in [0.4, 0.5) is 0 Å². The number of piperidine rings is 1. The topological polar surface area (TPSA) is 211 Å². The number of methoxy groups -OCH3 is 2. The van der Waals surface area contributed by atoms with Crippen molar-refractivity contribution in [3.8, 4) is 0 Å². The van der Waals surface area contributed by atoms with E-state index in [0.29, 0.717) is 50.9 Å². The van der Waals surface area contributed by atoms with Gasteiger partial charge in [-0.15, -0.1) is 5.10 Å². The van der Waals surface area contributed by atoms with Gasteiger partial charge in [-0.3, -0.25) is 19.2 Å². The minimum Gasteiger partial charge on any atom is -0.480 e. The number of carboxylic acid groups (broad SMARTS) is 1. The van der Waals surface area contributed by atoms with E-state index in [-0.39, 0.29) is 54.4 Å². The molecule has 15 nitrogen and oxygen atoms in total. The van der Waals surface area contributed by atoms with Crippen LogP contribution in [0.5, 0.6) is 0 Å². The van der Waals surface area contributed by atoms with Gasteiger partial charge in [-0.05, 0) is 107 Å². The molecule has 0 spiro atoms. The molecule has 364 valence electrons. The summed E-state index contributed by atoms with van der Waals surface area (Å²) in [5.41, 5.74) is 2.16. The van der Waals surface area contributed by atoms with Crippen molar-refractivity contribution in [1.29, 1.82) is 0 Å². The molecular formula is C50H79N5O10. The van der Waals surface area contributed by atoms with Gasteiger partial charge in [0.25, 0.3) is 11.7 Å². The average molecular weight is 910 g/mol. The van der Waals surface area contributed by atoms with Crippen molar-refractivity contribution < 1.29 is 48.8 Å². The lowest BCUT2D eigenvalue weighted by atomic mass is 9.81. The van der Waals surface area contributed by atoms with Crippen LogP contribution in [0.1, 0.15) is 157 Å². The lowest BCUT2D eigenvalue weighted by Gasteiger charge is -2.35. The zero-order chi connectivity index (χ0) is 48.1. The molecule has 1 aromatic rings. The average Bonchev–Trinajstić information content (AvgIpc) is 3.83. The van der Waals surface area contributed by atoms with Crippen LogP contribution in [0.15, 0.2) is 53.9 Å². The second-order valence-corrected chi connectivity index (χ2v) is 19.0. The Morgan fingerprint density at radius 3 is 2.31 bits per heavy atom. The zero-order valence-electron chi connectivity index (χ0n) is 40.4. The van der Waals surface area contributed by atoms with Crippen LogP contribution in [-0.2, 0) is 33.4 Å². The third kappa shape index (κ3) is 17.9. The Balaban J connectivity index is 1.31. The highest BCUT2D eigenvalue weighted by molar-refractivity contribution is 6.39. The molecule has 1 amide bonds. The molecule has 9 atom stereocenters. The number of ketones is 3. The quantitative estimate of drug-likeness (QED) is 0.0231. The highest BCUT2D eigenvalue weighted by atomic mass is 16.5. The van der Waals surface area contributed by atoms with Crippen LogP contribution < -0.4 is 0 Å². The molecule has 3 N–H and O–H groups in total. The van der Waals surface area contributed by atoms with E-state index in [1.165, 1.54) is 12.5 Å². The van der Waals surface area contributed by atoms with E-state index in [9.17, 15) is 39.3 Å². The number of unbranched alkanes of at least 4 members (excludes halogenated alkanes) is 3. The lowest BCUT2D eigenvalue weighted by molar-refractivity contribution is -0.205. The molecule has 1 aliphatic heterocycles. The number of carbonyl (C=O) groups excluding carboxylic acids is 4. The smallest absolute Gasteiger partial charge is 0.326 e. The molecule has 0 radical (unpaired) electrons. The summed E-state index contributed by atoms with van der Waals surface area (Å²) in [6, 6.07) is -0.975. The van der Waals surface area contributed by atoms with Crippen LogP contribution in [0.3, 0.4) is 0 Å². The minimum atomic E-state index is -2.86. The maximum atomic E-state index is 13.4. The summed E-state index contributed by atoms with van der Waals surface area (Å²) < 4.78 is 13.2. The number of hydrogen-bond donors (Lipinski definition) is 3. The number of carbonyl (C=O) groups is 5. The maximum Gasteiger partial charge on any atom is 0.326 e. The number of nitrogens with zero attached hydrogens (tertiary/aromatic N) is 5. The molecule has 0 bridgehead atoms. The normalized spacial score (nSPS) is 22.5. The van der Waals surface area contributed by atoms with Crippen molar-refractivity contribution in [2.24, 2.45) is 29.6 Å². The van der Waals surface area contributed by atoms with Crippen molar-refractivity contribution in [2.45, 2.75) is 181 Å². The van der Waals surface area contributed by atoms with Crippen molar-refractivity contribution in [3.63, 3.8) is 0 Å². The molecule has 6 unspecified atom stereocenters. The van der Waals surface area contributed by atoms with Gasteiger partial charge in [0.15, 0.2) is 5.78 Å². The second-order valence-electron chi connectivity index (χ2n) is 19.0. The van der Waals surface area contributed by atoms with Crippen LogP contribution in [0.25, 0.3) is 0 Å². The first-order valence-corrected chi connectivity index (χ1v) is 24.0. The Labute approximate surface area is 387 Å². The first-order valence-electron chi connectivity index (χ1n) is 24.0. The molecule has 1 aliphatic carbocycles. The van der Waals surface area contributed by atoms with Gasteiger partial charge in [-0.1, -0.05) is 101 Å². The molecule has 2 heterocycles. The summed E-state index contributed by atoms with van der Waals surface area (Å²) in [6.07, 6.45) is 25.7. The summed E-state index contributed by atoms with van der Waals surface area (Å²) in [5, 5.41) is 42.2. The fourth-order valence-corrected chi connectivity index (χ4v) is 9.34. The van der Waals surface area contributed by atoms with Crippen LogP contribution >= 0.6 is 0 Å². The number of carboxylic acids is 1. The molecule has 2 aliphatic rings. The predicted octanol–water partition coefficient (Wildman–Crippen LogP) is 7.74. The predicted molar refractivity (Wildman–Crippen MR) is 248 cm³/mol. The number of aromatic nitrogens is 4. The van der Waals surface area contributed by atoms with Gasteiger partial charge in [0.2, 0.25) is 5.79 Å². The number of hydrogen-bond acceptors (Lipinski definition) is 12. The number of Topliss-reactive ketones (excluding diaryl/α,β-unsaturated/α-hetero) is 3. The standard InChI is InChI=1S/C50H79N5O10/c1-34(20-12-10-14-22-39(6)50(62,63)47(58)48(59)54-28-18-17-24-42(54)49(60)61)19-11-9-13-21-35(2)29-38(5)46(57)45(65-8)31-36(3)30-37(4)43(56)25-16-15-23-40-26-27-41(44(32-40)64-7)55-33-51-52-53-55/h9,11,13,19,21,30,33,35,37-42,44-45,62-63H,10,12,14-18,20,22-29,31-32H2,1-8H3,(H,60,61)/b11-9+,21-13+,34-19+,36-30+/t35-,37-,38?,39?,40?,41?,42+,44?,45?/m1/s1. The molecule has 0 aromatic carbocycles. The third-order valence-corrected chi connectivity index (χ3v) is 13.5. The Kier molecular flexibility index (Phi) is 23.8. The van der Waals surface area contributed by atoms with E-state index >= 15 is 0 Å². The minimum absolute atomic E-state index is 0.0601. The first-order chi connectivity index (χ1) is 30.9. The number of likely N-dealkylation sites (tertiary alicyclic amines) is 1. The zero-order valence-corrected chi connectivity index (χ0v) is 40.4. The summed E-state index contributed by atoms with van der Waals surface area (Å²) in [4.78, 5) is 64.5. The Morgan fingerprint density at radius 2 is 1.63 bits per heavy atom. The Bertz CT molecular complexity index is 1790. The molecule has 1 saturated carbocycles. The van der Waals surface area contributed by atoms with Crippen molar-refractivity contribution >= 4 is 29.2 Å². The Hall–Kier alpha value is -4.18. The van der Waals surface area contributed by atoms with E-state index < -0.39 is 41.5 Å². The van der Waals surface area contributed by atoms with Gasteiger partial charge in [0.1, 0.15) is 24.3 Å². The molecule has 2 fully saturated rings. The van der Waals surface area contributed by atoms with E-state index in [1.54, 1.807) is 25.2 Å². The number of amides is 1. The van der Waals surface area contributed by atoms with Gasteiger partial charge >= 0.3 is 5.97 Å². The largest absolute Gasteiger partial charge is 0.480 e. The number of aliphatic carboxylic acids is 1. The lowest BCUT2D eigenvalue weighted by Crippen LogP contribution is -2.57. The number of rotatable bonds is 29. The SMILES string of the molecule is COC(C/C(C)=C/[C@@H](C)C(=O)CCCCC1CCC(n2cnnn2)C(OC)C1)C(=O)C(C)C[C@H](C)/C=C/C=C/C=C(\C)CCCCCC(C)C(O)(O)C(=O)C(=O)N1CCCC[C@H]1C(=O)O. The van der Waals surface area contributed by atoms with E-state index in [2.05, 4.69) is 28.5 Å². The van der Waals surface area contributed by atoms with Gasteiger partial charge in [0, 0.05) is 51.4 Å². The van der Waals surface area contributed by atoms with Crippen LogP contribution in [-0.4, -0.2) is 114 Å². The van der Waals surface area contributed by atoms with Crippen molar-refractivity contribution in [3.05, 3.63) is 53.9 Å². The summed E-state index contributed by atoms with van der Waals surface area (Å²) in [7, 11) is 3.31. The number of allylic oxidation sites excluding steroid dienone is 7. The summed E-state index contributed by atoms with van der Waals surface area (Å²) in [6.45, 7) is 11.6. The molecule has 1 saturated heterocycles. The van der Waals surface area contributed by atoms with E-state index in [0.717, 1.165) is 68.3 Å².